The maximum absolute atomic E-state index is 12.8. The van der Waals surface area contributed by atoms with Gasteiger partial charge >= 0.3 is 5.79 Å². The average molecular weight is 368 g/mol. The SMILES string of the molecule is CCCCCCOC(O)(C(=O)C(=O)c1ccccc1)C(=O)c1ccccc1. The van der Waals surface area contributed by atoms with E-state index in [1.165, 1.54) is 24.3 Å². The van der Waals surface area contributed by atoms with Crippen LogP contribution >= 0.6 is 0 Å². The lowest BCUT2D eigenvalue weighted by Crippen LogP contribution is -2.52. The van der Waals surface area contributed by atoms with Crippen molar-refractivity contribution in [2.45, 2.75) is 38.4 Å². The lowest BCUT2D eigenvalue weighted by atomic mass is 9.94. The summed E-state index contributed by atoms with van der Waals surface area (Å²) in [5.74, 6) is -6.01. The van der Waals surface area contributed by atoms with Gasteiger partial charge in [-0.25, -0.2) is 0 Å². The van der Waals surface area contributed by atoms with E-state index in [4.69, 9.17) is 4.74 Å². The number of aliphatic hydroxyl groups is 1. The van der Waals surface area contributed by atoms with Gasteiger partial charge in [-0.1, -0.05) is 86.8 Å². The second kappa shape index (κ2) is 9.90. The number of ether oxygens (including phenoxy) is 1. The Bertz CT molecular complexity index is 770. The van der Waals surface area contributed by atoms with Crippen molar-refractivity contribution in [3.8, 4) is 0 Å². The van der Waals surface area contributed by atoms with Crippen molar-refractivity contribution >= 4 is 17.3 Å². The monoisotopic (exact) mass is 368 g/mol. The van der Waals surface area contributed by atoms with Crippen molar-refractivity contribution in [1.29, 1.82) is 0 Å². The van der Waals surface area contributed by atoms with E-state index in [0.29, 0.717) is 6.42 Å². The van der Waals surface area contributed by atoms with Gasteiger partial charge in [0.25, 0.3) is 5.78 Å². The fourth-order valence-corrected chi connectivity index (χ4v) is 2.64. The quantitative estimate of drug-likeness (QED) is 0.215. The zero-order valence-corrected chi connectivity index (χ0v) is 15.4. The minimum Gasteiger partial charge on any atom is -0.353 e. The van der Waals surface area contributed by atoms with Crippen molar-refractivity contribution in [2.24, 2.45) is 0 Å². The van der Waals surface area contributed by atoms with Crippen LogP contribution in [-0.4, -0.2) is 34.9 Å². The number of rotatable bonds is 11. The highest BCUT2D eigenvalue weighted by atomic mass is 16.6. The van der Waals surface area contributed by atoms with Gasteiger partial charge in [0.15, 0.2) is 0 Å². The minimum atomic E-state index is -2.83. The van der Waals surface area contributed by atoms with Gasteiger partial charge in [0.05, 0.1) is 6.61 Å². The summed E-state index contributed by atoms with van der Waals surface area (Å²) in [5, 5.41) is 10.8. The highest BCUT2D eigenvalue weighted by Crippen LogP contribution is 2.20. The van der Waals surface area contributed by atoms with Crippen LogP contribution in [0.25, 0.3) is 0 Å². The molecule has 5 heteroatoms. The topological polar surface area (TPSA) is 80.7 Å². The Balaban J connectivity index is 2.26. The number of Topliss-reactive ketones (excluding diaryl/α,β-unsaturated/α-hetero) is 3. The molecule has 0 fully saturated rings. The van der Waals surface area contributed by atoms with Crippen LogP contribution in [0.1, 0.15) is 53.3 Å². The maximum atomic E-state index is 12.8. The lowest BCUT2D eigenvalue weighted by Gasteiger charge is -2.25. The minimum absolute atomic E-state index is 0.00286. The van der Waals surface area contributed by atoms with E-state index < -0.39 is 23.1 Å². The normalized spacial score (nSPS) is 13.0. The number of benzene rings is 2. The molecule has 2 aromatic carbocycles. The molecule has 2 aromatic rings. The molecule has 1 atom stereocenters. The molecule has 1 N–H and O–H groups in total. The van der Waals surface area contributed by atoms with Gasteiger partial charge in [0, 0.05) is 11.1 Å². The standard InChI is InChI=1S/C22H24O5/c1-2-3-4-11-16-27-22(26,20(24)18-14-9-6-10-15-18)21(25)19(23)17-12-7-5-8-13-17/h5-10,12-15,26H,2-4,11,16H2,1H3. The molecule has 0 saturated carbocycles. The van der Waals surface area contributed by atoms with Gasteiger partial charge in [-0.05, 0) is 6.42 Å². The molecule has 5 nitrogen and oxygen atoms in total. The summed E-state index contributed by atoms with van der Waals surface area (Å²) in [6, 6.07) is 15.7. The van der Waals surface area contributed by atoms with E-state index in [-0.39, 0.29) is 17.7 Å². The fourth-order valence-electron chi connectivity index (χ4n) is 2.64. The molecule has 0 radical (unpaired) electrons. The van der Waals surface area contributed by atoms with E-state index in [1.54, 1.807) is 36.4 Å². The van der Waals surface area contributed by atoms with Gasteiger partial charge in [0.2, 0.25) is 11.6 Å². The van der Waals surface area contributed by atoms with Crippen molar-refractivity contribution in [3.63, 3.8) is 0 Å². The van der Waals surface area contributed by atoms with Crippen LogP contribution in [0.15, 0.2) is 60.7 Å². The number of carbonyl (C=O) groups is 3. The summed E-state index contributed by atoms with van der Waals surface area (Å²) in [6.07, 6.45) is 3.40. The Morgan fingerprint density at radius 2 is 1.41 bits per heavy atom. The smallest absolute Gasteiger partial charge is 0.301 e. The molecule has 0 bridgehead atoms. The zero-order chi connectivity index (χ0) is 19.7. The third-order valence-corrected chi connectivity index (χ3v) is 4.20. The molecular weight excluding hydrogens is 344 g/mol. The Kier molecular flexibility index (Phi) is 7.58. The van der Waals surface area contributed by atoms with Gasteiger partial charge < -0.3 is 9.84 Å². The predicted octanol–water partition coefficient (Wildman–Crippen LogP) is 3.61. The van der Waals surface area contributed by atoms with E-state index in [9.17, 15) is 19.5 Å². The summed E-state index contributed by atoms with van der Waals surface area (Å²) >= 11 is 0. The second-order valence-corrected chi connectivity index (χ2v) is 6.27. The maximum Gasteiger partial charge on any atom is 0.301 e. The van der Waals surface area contributed by atoms with Crippen LogP contribution in [0.5, 0.6) is 0 Å². The molecule has 0 spiro atoms. The van der Waals surface area contributed by atoms with Crippen LogP contribution in [0.4, 0.5) is 0 Å². The van der Waals surface area contributed by atoms with E-state index in [2.05, 4.69) is 6.92 Å². The average Bonchev–Trinajstić information content (AvgIpc) is 2.73. The first-order valence-electron chi connectivity index (χ1n) is 9.11. The molecule has 0 heterocycles. The van der Waals surface area contributed by atoms with Crippen LogP contribution < -0.4 is 0 Å². The van der Waals surface area contributed by atoms with Gasteiger partial charge in [-0.2, -0.15) is 0 Å². The number of unbranched alkanes of at least 4 members (excludes halogenated alkanes) is 3. The summed E-state index contributed by atoms with van der Waals surface area (Å²) in [7, 11) is 0. The summed E-state index contributed by atoms with van der Waals surface area (Å²) in [4.78, 5) is 38.1. The predicted molar refractivity (Wildman–Crippen MR) is 102 cm³/mol. The number of carbonyl (C=O) groups excluding carboxylic acids is 3. The summed E-state index contributed by atoms with van der Waals surface area (Å²) < 4.78 is 5.33. The Hall–Kier alpha value is -2.63. The van der Waals surface area contributed by atoms with Crippen molar-refractivity contribution in [2.75, 3.05) is 6.61 Å². The third kappa shape index (κ3) is 5.18. The van der Waals surface area contributed by atoms with E-state index in [0.717, 1.165) is 19.3 Å². The Morgan fingerprint density at radius 1 is 0.852 bits per heavy atom. The van der Waals surface area contributed by atoms with E-state index in [1.807, 2.05) is 0 Å². The van der Waals surface area contributed by atoms with Crippen LogP contribution in [0.3, 0.4) is 0 Å². The molecule has 27 heavy (non-hydrogen) atoms. The lowest BCUT2D eigenvalue weighted by molar-refractivity contribution is -0.178. The fraction of sp³-hybridized carbons (Fsp3) is 0.318. The van der Waals surface area contributed by atoms with Crippen LogP contribution in [0.2, 0.25) is 0 Å². The summed E-state index contributed by atoms with van der Waals surface area (Å²) in [5.41, 5.74) is 0.194. The highest BCUT2D eigenvalue weighted by Gasteiger charge is 2.49. The zero-order valence-electron chi connectivity index (χ0n) is 15.4. The van der Waals surface area contributed by atoms with Gasteiger partial charge in [0.1, 0.15) is 0 Å². The first-order chi connectivity index (χ1) is 13.0. The number of ketones is 3. The molecular formula is C22H24O5. The number of hydrogen-bond donors (Lipinski definition) is 1. The number of hydrogen-bond acceptors (Lipinski definition) is 5. The Morgan fingerprint density at radius 3 is 1.96 bits per heavy atom. The van der Waals surface area contributed by atoms with E-state index >= 15 is 0 Å². The van der Waals surface area contributed by atoms with Gasteiger partial charge in [-0.15, -0.1) is 0 Å². The van der Waals surface area contributed by atoms with Gasteiger partial charge in [-0.3, -0.25) is 14.4 Å². The van der Waals surface area contributed by atoms with Crippen molar-refractivity contribution < 1.29 is 24.2 Å². The molecule has 142 valence electrons. The molecule has 2 rings (SSSR count). The second-order valence-electron chi connectivity index (χ2n) is 6.27. The summed E-state index contributed by atoms with van der Waals surface area (Å²) in [6.45, 7) is 2.06. The largest absolute Gasteiger partial charge is 0.353 e. The molecule has 1 unspecified atom stereocenters. The Labute approximate surface area is 159 Å². The van der Waals surface area contributed by atoms with Crippen LogP contribution in [0, 0.1) is 0 Å². The molecule has 0 aliphatic heterocycles. The van der Waals surface area contributed by atoms with Crippen LogP contribution in [-0.2, 0) is 9.53 Å². The molecule has 0 aliphatic carbocycles. The highest BCUT2D eigenvalue weighted by molar-refractivity contribution is 6.50. The third-order valence-electron chi connectivity index (χ3n) is 4.20. The molecule has 0 saturated heterocycles. The molecule has 0 aliphatic rings. The van der Waals surface area contributed by atoms with Crippen molar-refractivity contribution in [3.05, 3.63) is 71.8 Å². The molecule has 0 amide bonds. The first-order valence-corrected chi connectivity index (χ1v) is 9.11. The van der Waals surface area contributed by atoms with Crippen molar-refractivity contribution in [1.82, 2.24) is 0 Å². The first kappa shape index (κ1) is 20.7. The molecule has 0 aromatic heterocycles.